The van der Waals surface area contributed by atoms with Gasteiger partial charge in [-0.25, -0.2) is 0 Å². The Kier molecular flexibility index (Phi) is 3.17. The summed E-state index contributed by atoms with van der Waals surface area (Å²) in [5.74, 6) is 0.260. The summed E-state index contributed by atoms with van der Waals surface area (Å²) in [5.41, 5.74) is 14.8. The summed E-state index contributed by atoms with van der Waals surface area (Å²) in [5, 5.41) is 0. The Hall–Kier alpha value is -2.32. The van der Waals surface area contributed by atoms with Crippen molar-refractivity contribution in [2.45, 2.75) is 11.5 Å². The Morgan fingerprint density at radius 3 is 2.00 bits per heavy atom. The fraction of sp³-hybridized carbons (Fsp3) is 0.111. The van der Waals surface area contributed by atoms with Crippen LogP contribution in [0.5, 0.6) is 0 Å². The summed E-state index contributed by atoms with van der Waals surface area (Å²) in [6.45, 7) is 0. The highest BCUT2D eigenvalue weighted by molar-refractivity contribution is 5.45. The first kappa shape index (κ1) is 12.7. The van der Waals surface area contributed by atoms with E-state index in [9.17, 15) is 0 Å². The van der Waals surface area contributed by atoms with E-state index in [1.807, 2.05) is 30.3 Å². The largest absolute Gasteiger partial charge is 0.399 e. The topological polar surface area (TPSA) is 52.0 Å². The number of rotatable bonds is 2. The molecule has 3 rings (SSSR count). The highest BCUT2D eigenvalue weighted by atomic mass is 14.7. The molecule has 20 heavy (non-hydrogen) atoms. The van der Waals surface area contributed by atoms with Crippen LogP contribution in [-0.2, 0) is 5.54 Å². The van der Waals surface area contributed by atoms with Gasteiger partial charge in [-0.15, -0.1) is 0 Å². The fourth-order valence-electron chi connectivity index (χ4n) is 2.51. The molecule has 0 spiro atoms. The number of benzene rings is 2. The Labute approximate surface area is 119 Å². The second-order valence-corrected chi connectivity index (χ2v) is 5.21. The highest BCUT2D eigenvalue weighted by Crippen LogP contribution is 2.31. The zero-order valence-electron chi connectivity index (χ0n) is 11.2. The molecule has 0 radical (unpaired) electrons. The lowest BCUT2D eigenvalue weighted by Gasteiger charge is -2.27. The third kappa shape index (κ3) is 2.38. The average Bonchev–Trinajstić information content (AvgIpc) is 2.50. The maximum Gasteiger partial charge on any atom is 0.0783 e. The van der Waals surface area contributed by atoms with Gasteiger partial charge in [0.2, 0.25) is 0 Å². The van der Waals surface area contributed by atoms with E-state index in [4.69, 9.17) is 11.5 Å². The summed E-state index contributed by atoms with van der Waals surface area (Å²) >= 11 is 0. The number of nitrogens with two attached hydrogens (primary N) is 2. The lowest BCUT2D eigenvalue weighted by atomic mass is 9.82. The number of nitrogen functional groups attached to an aromatic ring is 1. The molecule has 0 aromatic heterocycles. The molecule has 1 aliphatic carbocycles. The van der Waals surface area contributed by atoms with Gasteiger partial charge in [0.25, 0.3) is 0 Å². The summed E-state index contributed by atoms with van der Waals surface area (Å²) in [4.78, 5) is 0. The molecule has 4 N–H and O–H groups in total. The number of allylic oxidation sites excluding steroid dienone is 2. The third-order valence-electron chi connectivity index (χ3n) is 3.75. The number of hydrogen-bond acceptors (Lipinski definition) is 2. The van der Waals surface area contributed by atoms with Crippen molar-refractivity contribution in [2.24, 2.45) is 5.73 Å². The molecule has 0 fully saturated rings. The zero-order chi connectivity index (χ0) is 14.0. The molecule has 0 bridgehead atoms. The van der Waals surface area contributed by atoms with E-state index in [1.54, 1.807) is 0 Å². The molecule has 2 aromatic carbocycles. The van der Waals surface area contributed by atoms with Gasteiger partial charge in [0, 0.05) is 11.6 Å². The fourth-order valence-corrected chi connectivity index (χ4v) is 2.51. The van der Waals surface area contributed by atoms with Crippen LogP contribution in [0, 0.1) is 0 Å². The molecule has 0 saturated heterocycles. The summed E-state index contributed by atoms with van der Waals surface area (Å²) in [6.07, 6.45) is 8.45. The van der Waals surface area contributed by atoms with Crippen molar-refractivity contribution in [1.82, 2.24) is 0 Å². The van der Waals surface area contributed by atoms with E-state index < -0.39 is 5.54 Å². The van der Waals surface area contributed by atoms with E-state index in [0.717, 1.165) is 11.3 Å². The van der Waals surface area contributed by atoms with Gasteiger partial charge in [0.15, 0.2) is 0 Å². The lowest BCUT2D eigenvalue weighted by Crippen LogP contribution is -2.33. The molecule has 0 heterocycles. The van der Waals surface area contributed by atoms with Gasteiger partial charge in [-0.3, -0.25) is 0 Å². The van der Waals surface area contributed by atoms with E-state index in [2.05, 4.69) is 48.6 Å². The first-order valence-corrected chi connectivity index (χ1v) is 6.76. The van der Waals surface area contributed by atoms with Crippen LogP contribution in [0.25, 0.3) is 0 Å². The molecular formula is C18H18N2. The van der Waals surface area contributed by atoms with Crippen molar-refractivity contribution in [3.63, 3.8) is 0 Å². The van der Waals surface area contributed by atoms with Gasteiger partial charge in [-0.2, -0.15) is 0 Å². The van der Waals surface area contributed by atoms with Gasteiger partial charge in [0.1, 0.15) is 0 Å². The second-order valence-electron chi connectivity index (χ2n) is 5.21. The first-order chi connectivity index (χ1) is 9.67. The molecular weight excluding hydrogens is 244 g/mol. The minimum atomic E-state index is -0.508. The highest BCUT2D eigenvalue weighted by Gasteiger charge is 2.24. The Morgan fingerprint density at radius 2 is 1.40 bits per heavy atom. The molecule has 0 amide bonds. The van der Waals surface area contributed by atoms with Crippen LogP contribution in [0.1, 0.15) is 17.0 Å². The van der Waals surface area contributed by atoms with Crippen molar-refractivity contribution < 1.29 is 0 Å². The van der Waals surface area contributed by atoms with E-state index >= 15 is 0 Å². The van der Waals surface area contributed by atoms with Gasteiger partial charge in [-0.1, -0.05) is 66.8 Å². The summed E-state index contributed by atoms with van der Waals surface area (Å²) in [6, 6.07) is 18.1. The molecule has 0 atom stereocenters. The minimum absolute atomic E-state index is 0.260. The SMILES string of the molecule is Nc1ccc(C2C=CC(N)(c3ccccc3)C=C2)cc1. The van der Waals surface area contributed by atoms with Crippen molar-refractivity contribution in [3.05, 3.63) is 90.0 Å². The van der Waals surface area contributed by atoms with Crippen molar-refractivity contribution >= 4 is 5.69 Å². The standard InChI is InChI=1S/C18H18N2/c19-17-8-6-14(7-9-17)15-10-12-18(20,13-11-15)16-4-2-1-3-5-16/h1-13,15H,19-20H2. The molecule has 0 saturated carbocycles. The van der Waals surface area contributed by atoms with E-state index in [-0.39, 0.29) is 5.92 Å². The van der Waals surface area contributed by atoms with Crippen LogP contribution in [0.15, 0.2) is 78.9 Å². The first-order valence-electron chi connectivity index (χ1n) is 6.76. The summed E-state index contributed by atoms with van der Waals surface area (Å²) < 4.78 is 0. The molecule has 0 aliphatic heterocycles. The zero-order valence-corrected chi connectivity index (χ0v) is 11.2. The number of anilines is 1. The maximum atomic E-state index is 6.45. The maximum absolute atomic E-state index is 6.45. The van der Waals surface area contributed by atoms with Gasteiger partial charge < -0.3 is 11.5 Å². The molecule has 2 nitrogen and oxygen atoms in total. The molecule has 2 heteroatoms. The van der Waals surface area contributed by atoms with Gasteiger partial charge in [0.05, 0.1) is 5.54 Å². The third-order valence-corrected chi connectivity index (χ3v) is 3.75. The van der Waals surface area contributed by atoms with Gasteiger partial charge >= 0.3 is 0 Å². The van der Waals surface area contributed by atoms with Crippen LogP contribution in [-0.4, -0.2) is 0 Å². The predicted octanol–water partition coefficient (Wildman–Crippen LogP) is 3.33. The van der Waals surface area contributed by atoms with Crippen LogP contribution >= 0.6 is 0 Å². The van der Waals surface area contributed by atoms with Crippen molar-refractivity contribution in [3.8, 4) is 0 Å². The van der Waals surface area contributed by atoms with Gasteiger partial charge in [-0.05, 0) is 23.3 Å². The Morgan fingerprint density at radius 1 is 0.800 bits per heavy atom. The van der Waals surface area contributed by atoms with Crippen molar-refractivity contribution in [1.29, 1.82) is 0 Å². The van der Waals surface area contributed by atoms with Crippen LogP contribution in [0.3, 0.4) is 0 Å². The monoisotopic (exact) mass is 262 g/mol. The van der Waals surface area contributed by atoms with Crippen LogP contribution in [0.4, 0.5) is 5.69 Å². The van der Waals surface area contributed by atoms with E-state index in [0.29, 0.717) is 0 Å². The quantitative estimate of drug-likeness (QED) is 0.644. The lowest BCUT2D eigenvalue weighted by molar-refractivity contribution is 0.690. The van der Waals surface area contributed by atoms with E-state index in [1.165, 1.54) is 5.56 Å². The average molecular weight is 262 g/mol. The molecule has 2 aromatic rings. The minimum Gasteiger partial charge on any atom is -0.399 e. The Balaban J connectivity index is 1.85. The molecule has 100 valence electrons. The molecule has 0 unspecified atom stereocenters. The summed E-state index contributed by atoms with van der Waals surface area (Å²) in [7, 11) is 0. The molecule has 1 aliphatic rings. The smallest absolute Gasteiger partial charge is 0.0783 e. The predicted molar refractivity (Wildman–Crippen MR) is 84.2 cm³/mol. The Bertz CT molecular complexity index is 625. The van der Waals surface area contributed by atoms with Crippen LogP contribution in [0.2, 0.25) is 0 Å². The second kappa shape index (κ2) is 4.99. The van der Waals surface area contributed by atoms with Crippen LogP contribution < -0.4 is 11.5 Å². The normalized spacial score (nSPS) is 24.8. The van der Waals surface area contributed by atoms with Crippen molar-refractivity contribution in [2.75, 3.05) is 5.73 Å². The number of hydrogen-bond donors (Lipinski definition) is 2.